The van der Waals surface area contributed by atoms with Crippen molar-refractivity contribution in [2.75, 3.05) is 14.2 Å². The second kappa shape index (κ2) is 5.23. The maximum atomic E-state index is 5.28. The number of aryl methyl sites for hydroxylation is 2. The lowest BCUT2D eigenvalue weighted by molar-refractivity contribution is 0.414. The van der Waals surface area contributed by atoms with Crippen molar-refractivity contribution in [3.63, 3.8) is 0 Å². The molecule has 4 heteroatoms. The van der Waals surface area contributed by atoms with Crippen LogP contribution in [0.2, 0.25) is 0 Å². The van der Waals surface area contributed by atoms with Gasteiger partial charge in [0.15, 0.2) is 0 Å². The van der Waals surface area contributed by atoms with Crippen LogP contribution in [0.3, 0.4) is 0 Å². The van der Waals surface area contributed by atoms with Gasteiger partial charge in [0.1, 0.15) is 5.75 Å². The van der Waals surface area contributed by atoms with E-state index in [2.05, 4.69) is 28.7 Å². The molecule has 0 aliphatic heterocycles. The van der Waals surface area contributed by atoms with Crippen molar-refractivity contribution >= 4 is 0 Å². The molecule has 0 atom stereocenters. The summed E-state index contributed by atoms with van der Waals surface area (Å²) in [7, 11) is 5.57. The Morgan fingerprint density at radius 1 is 1.33 bits per heavy atom. The molecule has 1 aromatic heterocycles. The zero-order chi connectivity index (χ0) is 13.1. The van der Waals surface area contributed by atoms with Crippen molar-refractivity contribution in [3.8, 4) is 16.9 Å². The van der Waals surface area contributed by atoms with Crippen molar-refractivity contribution < 1.29 is 4.74 Å². The Morgan fingerprint density at radius 3 is 2.67 bits per heavy atom. The van der Waals surface area contributed by atoms with E-state index >= 15 is 0 Å². The monoisotopic (exact) mass is 245 g/mol. The van der Waals surface area contributed by atoms with E-state index in [1.807, 2.05) is 31.8 Å². The Labute approximate surface area is 108 Å². The number of aromatic nitrogens is 2. The third-order valence-corrected chi connectivity index (χ3v) is 2.98. The van der Waals surface area contributed by atoms with Crippen LogP contribution in [0.1, 0.15) is 11.3 Å². The van der Waals surface area contributed by atoms with Gasteiger partial charge in [-0.05, 0) is 37.2 Å². The summed E-state index contributed by atoms with van der Waals surface area (Å²) in [6.45, 7) is 2.84. The van der Waals surface area contributed by atoms with Crippen LogP contribution < -0.4 is 10.1 Å². The fourth-order valence-electron chi connectivity index (χ4n) is 2.16. The van der Waals surface area contributed by atoms with Crippen LogP contribution in [-0.2, 0) is 13.6 Å². The Morgan fingerprint density at radius 2 is 2.11 bits per heavy atom. The van der Waals surface area contributed by atoms with E-state index in [0.29, 0.717) is 0 Å². The number of benzene rings is 1. The highest BCUT2D eigenvalue weighted by Gasteiger charge is 2.11. The molecule has 1 N–H and O–H groups in total. The highest BCUT2D eigenvalue weighted by molar-refractivity contribution is 5.69. The first-order valence-electron chi connectivity index (χ1n) is 5.98. The summed E-state index contributed by atoms with van der Waals surface area (Å²) in [5.74, 6) is 0.880. The molecule has 0 radical (unpaired) electrons. The van der Waals surface area contributed by atoms with E-state index in [9.17, 15) is 0 Å². The van der Waals surface area contributed by atoms with Crippen molar-refractivity contribution in [1.29, 1.82) is 0 Å². The highest BCUT2D eigenvalue weighted by atomic mass is 16.5. The van der Waals surface area contributed by atoms with Crippen LogP contribution in [-0.4, -0.2) is 23.9 Å². The minimum absolute atomic E-state index is 0.806. The molecule has 0 aliphatic rings. The normalized spacial score (nSPS) is 10.7. The molecule has 0 unspecified atom stereocenters. The van der Waals surface area contributed by atoms with E-state index in [1.54, 1.807) is 7.11 Å². The lowest BCUT2D eigenvalue weighted by Gasteiger charge is -2.10. The molecule has 96 valence electrons. The second-order valence-corrected chi connectivity index (χ2v) is 4.36. The standard InChI is InChI=1S/C14H19N3O/c1-10-14(9-17(3)16-10)13-6-5-12(18-4)7-11(13)8-15-2/h5-7,9,15H,8H2,1-4H3. The third kappa shape index (κ3) is 2.38. The lowest BCUT2D eigenvalue weighted by Crippen LogP contribution is -2.06. The largest absolute Gasteiger partial charge is 0.497 e. The molecule has 0 fully saturated rings. The number of hydrogen-bond donors (Lipinski definition) is 1. The first kappa shape index (κ1) is 12.6. The number of rotatable bonds is 4. The summed E-state index contributed by atoms with van der Waals surface area (Å²) in [5.41, 5.74) is 4.63. The van der Waals surface area contributed by atoms with Gasteiger partial charge in [0.05, 0.1) is 12.8 Å². The minimum atomic E-state index is 0.806. The Kier molecular flexibility index (Phi) is 3.67. The van der Waals surface area contributed by atoms with Crippen LogP contribution in [0.4, 0.5) is 0 Å². The van der Waals surface area contributed by atoms with Crippen LogP contribution in [0, 0.1) is 6.92 Å². The van der Waals surface area contributed by atoms with Gasteiger partial charge in [-0.1, -0.05) is 6.07 Å². The van der Waals surface area contributed by atoms with E-state index in [-0.39, 0.29) is 0 Å². The van der Waals surface area contributed by atoms with Gasteiger partial charge in [-0.2, -0.15) is 5.10 Å². The molecule has 0 saturated heterocycles. The fraction of sp³-hybridized carbons (Fsp3) is 0.357. The van der Waals surface area contributed by atoms with Gasteiger partial charge < -0.3 is 10.1 Å². The molecule has 0 saturated carbocycles. The molecule has 4 nitrogen and oxygen atoms in total. The number of ether oxygens (including phenoxy) is 1. The number of nitrogens with one attached hydrogen (secondary N) is 1. The molecule has 1 aromatic carbocycles. The third-order valence-electron chi connectivity index (χ3n) is 2.98. The topological polar surface area (TPSA) is 39.1 Å². The van der Waals surface area contributed by atoms with E-state index in [1.165, 1.54) is 16.7 Å². The predicted molar refractivity (Wildman–Crippen MR) is 72.7 cm³/mol. The van der Waals surface area contributed by atoms with Crippen LogP contribution >= 0.6 is 0 Å². The maximum Gasteiger partial charge on any atom is 0.119 e. The summed E-state index contributed by atoms with van der Waals surface area (Å²) in [5, 5.41) is 7.59. The summed E-state index contributed by atoms with van der Waals surface area (Å²) < 4.78 is 7.12. The van der Waals surface area contributed by atoms with Crippen LogP contribution in [0.5, 0.6) is 5.75 Å². The molecule has 0 spiro atoms. The summed E-state index contributed by atoms with van der Waals surface area (Å²) in [4.78, 5) is 0. The predicted octanol–water partition coefficient (Wildman–Crippen LogP) is 2.12. The molecule has 0 aliphatic carbocycles. The Hall–Kier alpha value is -1.81. The zero-order valence-corrected chi connectivity index (χ0v) is 11.3. The molecular formula is C14H19N3O. The van der Waals surface area contributed by atoms with Gasteiger partial charge in [-0.15, -0.1) is 0 Å². The van der Waals surface area contributed by atoms with Crippen LogP contribution in [0.25, 0.3) is 11.1 Å². The Balaban J connectivity index is 2.52. The molecule has 18 heavy (non-hydrogen) atoms. The number of hydrogen-bond acceptors (Lipinski definition) is 3. The summed E-state index contributed by atoms with van der Waals surface area (Å²) in [6.07, 6.45) is 2.05. The van der Waals surface area contributed by atoms with Gasteiger partial charge in [-0.3, -0.25) is 4.68 Å². The average Bonchev–Trinajstić information content (AvgIpc) is 2.68. The van der Waals surface area contributed by atoms with Crippen molar-refractivity contribution in [2.24, 2.45) is 7.05 Å². The molecule has 0 bridgehead atoms. The molecule has 0 amide bonds. The van der Waals surface area contributed by atoms with E-state index in [4.69, 9.17) is 4.74 Å². The first-order valence-corrected chi connectivity index (χ1v) is 5.98. The van der Waals surface area contributed by atoms with Gasteiger partial charge in [0.25, 0.3) is 0 Å². The van der Waals surface area contributed by atoms with Crippen LogP contribution in [0.15, 0.2) is 24.4 Å². The van der Waals surface area contributed by atoms with Crippen molar-refractivity contribution in [3.05, 3.63) is 35.7 Å². The van der Waals surface area contributed by atoms with Crippen molar-refractivity contribution in [2.45, 2.75) is 13.5 Å². The van der Waals surface area contributed by atoms with Gasteiger partial charge in [0.2, 0.25) is 0 Å². The number of methoxy groups -OCH3 is 1. The highest BCUT2D eigenvalue weighted by Crippen LogP contribution is 2.29. The maximum absolute atomic E-state index is 5.28. The Bertz CT molecular complexity index is 546. The molecule has 2 aromatic rings. The summed E-state index contributed by atoms with van der Waals surface area (Å²) >= 11 is 0. The summed E-state index contributed by atoms with van der Waals surface area (Å²) in [6, 6.07) is 6.15. The fourth-order valence-corrected chi connectivity index (χ4v) is 2.16. The van der Waals surface area contributed by atoms with E-state index in [0.717, 1.165) is 18.0 Å². The first-order chi connectivity index (χ1) is 8.65. The minimum Gasteiger partial charge on any atom is -0.497 e. The SMILES string of the molecule is CNCc1cc(OC)ccc1-c1cn(C)nc1C. The van der Waals surface area contributed by atoms with Gasteiger partial charge in [-0.25, -0.2) is 0 Å². The lowest BCUT2D eigenvalue weighted by atomic mass is 10.00. The molecule has 1 heterocycles. The number of nitrogens with zero attached hydrogens (tertiary/aromatic N) is 2. The molecule has 2 rings (SSSR count). The van der Waals surface area contributed by atoms with Crippen molar-refractivity contribution in [1.82, 2.24) is 15.1 Å². The molecular weight excluding hydrogens is 226 g/mol. The average molecular weight is 245 g/mol. The second-order valence-electron chi connectivity index (χ2n) is 4.36. The quantitative estimate of drug-likeness (QED) is 0.896. The smallest absolute Gasteiger partial charge is 0.119 e. The van der Waals surface area contributed by atoms with Gasteiger partial charge >= 0.3 is 0 Å². The zero-order valence-electron chi connectivity index (χ0n) is 11.3. The van der Waals surface area contributed by atoms with E-state index < -0.39 is 0 Å². The van der Waals surface area contributed by atoms with Gasteiger partial charge in [0, 0.05) is 25.4 Å².